The van der Waals surface area contributed by atoms with E-state index < -0.39 is 0 Å². The second-order valence-electron chi connectivity index (χ2n) is 6.29. The first-order valence-electron chi connectivity index (χ1n) is 8.48. The van der Waals surface area contributed by atoms with E-state index in [0.717, 1.165) is 39.2 Å². The molecule has 0 atom stereocenters. The number of nitrogens with two attached hydrogens (primary N) is 1. The second-order valence-corrected chi connectivity index (χ2v) is 6.29. The molecular formula is C20H15N7. The average Bonchev–Trinajstić information content (AvgIpc) is 3.06. The topological polar surface area (TPSA) is 94.9 Å². The maximum atomic E-state index is 5.86. The van der Waals surface area contributed by atoms with E-state index in [1.807, 2.05) is 47.9 Å². The third-order valence-corrected chi connectivity index (χ3v) is 4.42. The van der Waals surface area contributed by atoms with Crippen LogP contribution in [-0.4, -0.2) is 29.3 Å². The summed E-state index contributed by atoms with van der Waals surface area (Å²) in [5.74, 6) is 0.961. The molecule has 7 nitrogen and oxygen atoms in total. The van der Waals surface area contributed by atoms with Crippen molar-refractivity contribution in [2.24, 2.45) is 0 Å². The summed E-state index contributed by atoms with van der Waals surface area (Å²) >= 11 is 0. The maximum absolute atomic E-state index is 5.86. The van der Waals surface area contributed by atoms with Gasteiger partial charge in [-0.3, -0.25) is 9.38 Å². The number of pyridine rings is 1. The average molecular weight is 353 g/mol. The van der Waals surface area contributed by atoms with Crippen LogP contribution in [0.5, 0.6) is 0 Å². The molecule has 5 rings (SSSR count). The van der Waals surface area contributed by atoms with Crippen molar-refractivity contribution >= 4 is 22.5 Å². The van der Waals surface area contributed by atoms with Crippen LogP contribution in [0.4, 0.5) is 5.82 Å². The van der Waals surface area contributed by atoms with Crippen molar-refractivity contribution in [3.8, 4) is 22.6 Å². The molecule has 0 saturated heterocycles. The Kier molecular flexibility index (Phi) is 3.33. The predicted molar refractivity (Wildman–Crippen MR) is 104 cm³/mol. The van der Waals surface area contributed by atoms with Gasteiger partial charge in [0.1, 0.15) is 17.8 Å². The quantitative estimate of drug-likeness (QED) is 0.523. The van der Waals surface area contributed by atoms with Crippen molar-refractivity contribution < 1.29 is 0 Å². The number of nitrogens with zero attached hydrogens (tertiary/aromatic N) is 6. The van der Waals surface area contributed by atoms with Crippen LogP contribution in [0.15, 0.2) is 61.2 Å². The first kappa shape index (κ1) is 15.4. The summed E-state index contributed by atoms with van der Waals surface area (Å²) in [4.78, 5) is 22.2. The molecule has 0 radical (unpaired) electrons. The van der Waals surface area contributed by atoms with Gasteiger partial charge in [-0.1, -0.05) is 12.1 Å². The standard InChI is InChI=1S/C20H15N7/c1-12-3-2-4-16(24-12)18-19(27-8-7-17(21)25-20(27)26-18)13-5-6-15-14(9-13)10-22-11-23-15/h2-11H,1H3,(H2,21,25,26). The molecule has 0 fully saturated rings. The monoisotopic (exact) mass is 353 g/mol. The number of benzene rings is 1. The summed E-state index contributed by atoms with van der Waals surface area (Å²) in [7, 11) is 0. The minimum absolute atomic E-state index is 0.426. The molecule has 0 bridgehead atoms. The Labute approximate surface area is 154 Å². The highest BCUT2D eigenvalue weighted by atomic mass is 15.1. The van der Waals surface area contributed by atoms with Gasteiger partial charge in [-0.25, -0.2) is 15.0 Å². The zero-order valence-electron chi connectivity index (χ0n) is 14.5. The minimum atomic E-state index is 0.426. The molecule has 4 heterocycles. The first-order valence-corrected chi connectivity index (χ1v) is 8.48. The fraction of sp³-hybridized carbons (Fsp3) is 0.0500. The summed E-state index contributed by atoms with van der Waals surface area (Å²) in [6, 6.07) is 13.7. The smallest absolute Gasteiger partial charge is 0.236 e. The highest BCUT2D eigenvalue weighted by Gasteiger charge is 2.18. The molecule has 4 aromatic heterocycles. The number of aryl methyl sites for hydroxylation is 1. The third kappa shape index (κ3) is 2.56. The molecule has 2 N–H and O–H groups in total. The zero-order chi connectivity index (χ0) is 18.4. The van der Waals surface area contributed by atoms with Gasteiger partial charge in [-0.05, 0) is 37.3 Å². The second kappa shape index (κ2) is 5.84. The number of hydrogen-bond acceptors (Lipinski definition) is 6. The third-order valence-electron chi connectivity index (χ3n) is 4.42. The molecule has 1 aromatic carbocycles. The number of imidazole rings is 1. The zero-order valence-corrected chi connectivity index (χ0v) is 14.5. The number of aromatic nitrogens is 6. The Hall–Kier alpha value is -3.87. The van der Waals surface area contributed by atoms with Gasteiger partial charge in [0.05, 0.1) is 16.9 Å². The van der Waals surface area contributed by atoms with Crippen LogP contribution in [0.1, 0.15) is 5.69 Å². The van der Waals surface area contributed by atoms with Crippen molar-refractivity contribution in [1.82, 2.24) is 29.3 Å². The molecule has 130 valence electrons. The summed E-state index contributed by atoms with van der Waals surface area (Å²) in [5.41, 5.74) is 11.1. The molecule has 0 aliphatic heterocycles. The van der Waals surface area contributed by atoms with E-state index in [9.17, 15) is 0 Å². The Morgan fingerprint density at radius 3 is 2.81 bits per heavy atom. The van der Waals surface area contributed by atoms with E-state index in [1.54, 1.807) is 18.6 Å². The van der Waals surface area contributed by atoms with Crippen molar-refractivity contribution in [3.63, 3.8) is 0 Å². The van der Waals surface area contributed by atoms with Gasteiger partial charge in [0.25, 0.3) is 0 Å². The van der Waals surface area contributed by atoms with Gasteiger partial charge in [0.15, 0.2) is 0 Å². The lowest BCUT2D eigenvalue weighted by Crippen LogP contribution is -1.96. The van der Waals surface area contributed by atoms with Crippen LogP contribution in [0.2, 0.25) is 0 Å². The van der Waals surface area contributed by atoms with E-state index in [0.29, 0.717) is 11.6 Å². The summed E-state index contributed by atoms with van der Waals surface area (Å²) < 4.78 is 1.93. The lowest BCUT2D eigenvalue weighted by molar-refractivity contribution is 1.12. The van der Waals surface area contributed by atoms with Gasteiger partial charge < -0.3 is 5.73 Å². The van der Waals surface area contributed by atoms with E-state index in [2.05, 4.69) is 26.0 Å². The van der Waals surface area contributed by atoms with E-state index in [1.165, 1.54) is 0 Å². The fourth-order valence-electron chi connectivity index (χ4n) is 3.21. The Balaban J connectivity index is 1.84. The number of nitrogen functional groups attached to an aromatic ring is 1. The maximum Gasteiger partial charge on any atom is 0.236 e. The van der Waals surface area contributed by atoms with Crippen molar-refractivity contribution in [3.05, 3.63) is 66.9 Å². The van der Waals surface area contributed by atoms with Crippen LogP contribution < -0.4 is 5.73 Å². The number of hydrogen-bond donors (Lipinski definition) is 1. The molecule has 27 heavy (non-hydrogen) atoms. The minimum Gasteiger partial charge on any atom is -0.384 e. The van der Waals surface area contributed by atoms with Crippen LogP contribution in [0.3, 0.4) is 0 Å². The van der Waals surface area contributed by atoms with Crippen LogP contribution in [0.25, 0.3) is 39.3 Å². The summed E-state index contributed by atoms with van der Waals surface area (Å²) in [6.07, 6.45) is 5.23. The molecule has 5 aromatic rings. The Morgan fingerprint density at radius 1 is 1.00 bits per heavy atom. The molecule has 0 spiro atoms. The SMILES string of the molecule is Cc1cccc(-c2nc3nc(N)ccn3c2-c2ccc3ncncc3c2)n1. The first-order chi connectivity index (χ1) is 13.2. The molecule has 0 aliphatic rings. The van der Waals surface area contributed by atoms with Crippen LogP contribution in [0, 0.1) is 6.92 Å². The highest BCUT2D eigenvalue weighted by Crippen LogP contribution is 2.33. The van der Waals surface area contributed by atoms with Gasteiger partial charge in [-0.15, -0.1) is 0 Å². The highest BCUT2D eigenvalue weighted by molar-refractivity contribution is 5.87. The molecule has 7 heteroatoms. The number of rotatable bonds is 2. The molecule has 0 amide bonds. The predicted octanol–water partition coefficient (Wildman–Crippen LogP) is 3.29. The van der Waals surface area contributed by atoms with E-state index >= 15 is 0 Å². The van der Waals surface area contributed by atoms with E-state index in [4.69, 9.17) is 10.7 Å². The van der Waals surface area contributed by atoms with Gasteiger partial charge in [-0.2, -0.15) is 4.98 Å². The van der Waals surface area contributed by atoms with Gasteiger partial charge >= 0.3 is 0 Å². The molecule has 0 saturated carbocycles. The lowest BCUT2D eigenvalue weighted by atomic mass is 10.1. The largest absolute Gasteiger partial charge is 0.384 e. The van der Waals surface area contributed by atoms with Crippen molar-refractivity contribution in [2.45, 2.75) is 6.92 Å². The lowest BCUT2D eigenvalue weighted by Gasteiger charge is -2.07. The summed E-state index contributed by atoms with van der Waals surface area (Å²) in [5, 5.41) is 0.955. The number of anilines is 1. The van der Waals surface area contributed by atoms with Crippen LogP contribution in [-0.2, 0) is 0 Å². The Bertz CT molecular complexity index is 1310. The molecular weight excluding hydrogens is 338 g/mol. The Morgan fingerprint density at radius 2 is 1.93 bits per heavy atom. The van der Waals surface area contributed by atoms with Gasteiger partial charge in [0, 0.05) is 29.0 Å². The molecule has 0 unspecified atom stereocenters. The van der Waals surface area contributed by atoms with Crippen molar-refractivity contribution in [1.29, 1.82) is 0 Å². The number of fused-ring (bicyclic) bond motifs is 2. The van der Waals surface area contributed by atoms with E-state index in [-0.39, 0.29) is 0 Å². The summed E-state index contributed by atoms with van der Waals surface area (Å²) in [6.45, 7) is 1.96. The van der Waals surface area contributed by atoms with Crippen LogP contribution >= 0.6 is 0 Å². The fourth-order valence-corrected chi connectivity index (χ4v) is 3.21. The van der Waals surface area contributed by atoms with Crippen molar-refractivity contribution in [2.75, 3.05) is 5.73 Å². The van der Waals surface area contributed by atoms with Gasteiger partial charge in [0.2, 0.25) is 5.78 Å². The molecule has 0 aliphatic carbocycles. The normalized spacial score (nSPS) is 11.3.